The van der Waals surface area contributed by atoms with Crippen LogP contribution in [0.25, 0.3) is 0 Å². The lowest BCUT2D eigenvalue weighted by molar-refractivity contribution is 0.131. The van der Waals surface area contributed by atoms with Crippen LogP contribution in [0.15, 0.2) is 47.6 Å². The van der Waals surface area contributed by atoms with E-state index in [-0.39, 0.29) is 17.8 Å². The molecule has 1 aromatic carbocycles. The lowest BCUT2D eigenvalue weighted by atomic mass is 9.72. The summed E-state index contributed by atoms with van der Waals surface area (Å²) >= 11 is 0. The zero-order valence-corrected chi connectivity index (χ0v) is 18.2. The highest BCUT2D eigenvalue weighted by Gasteiger charge is 2.31. The molecule has 0 bridgehead atoms. The topological polar surface area (TPSA) is 78.8 Å². The number of nitrogens with zero attached hydrogens (tertiary/aromatic N) is 2. The highest BCUT2D eigenvalue weighted by atomic mass is 19.1. The number of guanidine groups is 1. The summed E-state index contributed by atoms with van der Waals surface area (Å²) in [5.41, 5.74) is 1.12. The number of pyridine rings is 1. The average molecular weight is 429 g/mol. The largest absolute Gasteiger partial charge is 0.439 e. The molecule has 0 spiro atoms. The van der Waals surface area contributed by atoms with Crippen LogP contribution >= 0.6 is 0 Å². The Morgan fingerprint density at radius 3 is 2.55 bits per heavy atom. The van der Waals surface area contributed by atoms with Gasteiger partial charge in [0.2, 0.25) is 5.88 Å². The van der Waals surface area contributed by atoms with Crippen molar-refractivity contribution in [2.75, 3.05) is 19.7 Å². The average Bonchev–Trinajstić information content (AvgIpc) is 2.79. The minimum absolute atomic E-state index is 0.157. The maximum Gasteiger partial charge on any atom is 0.219 e. The molecule has 0 aliphatic heterocycles. The van der Waals surface area contributed by atoms with Gasteiger partial charge in [-0.05, 0) is 61.4 Å². The Labute approximate surface area is 184 Å². The van der Waals surface area contributed by atoms with Gasteiger partial charge in [-0.2, -0.15) is 0 Å². The first-order valence-corrected chi connectivity index (χ1v) is 11.1. The van der Waals surface area contributed by atoms with Gasteiger partial charge in [0.05, 0.1) is 6.54 Å². The quantitative estimate of drug-likeness (QED) is 0.408. The number of hydrogen-bond donors (Lipinski definition) is 3. The third kappa shape index (κ3) is 7.21. The van der Waals surface area contributed by atoms with Crippen molar-refractivity contribution in [3.63, 3.8) is 0 Å². The second kappa shape index (κ2) is 11.6. The van der Waals surface area contributed by atoms with Gasteiger partial charge in [-0.1, -0.05) is 25.3 Å². The summed E-state index contributed by atoms with van der Waals surface area (Å²) in [6, 6.07) is 9.55. The highest BCUT2D eigenvalue weighted by molar-refractivity contribution is 5.79. The van der Waals surface area contributed by atoms with Gasteiger partial charge < -0.3 is 20.5 Å². The number of nitrogens with one attached hydrogen (secondary N) is 2. The summed E-state index contributed by atoms with van der Waals surface area (Å²) in [6.45, 7) is 4.37. The number of hydrogen-bond acceptors (Lipinski definition) is 4. The van der Waals surface area contributed by atoms with Crippen molar-refractivity contribution >= 4 is 5.96 Å². The van der Waals surface area contributed by atoms with Gasteiger partial charge >= 0.3 is 0 Å². The van der Waals surface area contributed by atoms with Gasteiger partial charge in [-0.3, -0.25) is 0 Å². The van der Waals surface area contributed by atoms with Crippen LogP contribution in [-0.4, -0.2) is 35.7 Å². The van der Waals surface area contributed by atoms with Crippen LogP contribution in [0.5, 0.6) is 11.6 Å². The van der Waals surface area contributed by atoms with Crippen LogP contribution in [0.4, 0.5) is 4.39 Å². The fraction of sp³-hybridized carbons (Fsp3) is 0.500. The summed E-state index contributed by atoms with van der Waals surface area (Å²) in [5, 5.41) is 16.3. The Kier molecular flexibility index (Phi) is 8.64. The summed E-state index contributed by atoms with van der Waals surface area (Å²) in [7, 11) is 0. The van der Waals surface area contributed by atoms with Crippen LogP contribution in [0, 0.1) is 11.2 Å². The first-order chi connectivity index (χ1) is 15.1. The predicted octanol–water partition coefficient (Wildman–Crippen LogP) is 4.40. The molecule has 0 radical (unpaired) electrons. The zero-order chi connectivity index (χ0) is 21.9. The maximum atomic E-state index is 13.0. The van der Waals surface area contributed by atoms with Crippen LogP contribution < -0.4 is 15.4 Å². The second-order valence-corrected chi connectivity index (χ2v) is 8.14. The third-order valence-corrected chi connectivity index (χ3v) is 5.78. The van der Waals surface area contributed by atoms with E-state index in [0.29, 0.717) is 18.2 Å². The molecular weight excluding hydrogens is 395 g/mol. The van der Waals surface area contributed by atoms with Crippen LogP contribution in [-0.2, 0) is 6.54 Å². The van der Waals surface area contributed by atoms with Crippen molar-refractivity contribution < 1.29 is 14.2 Å². The number of ether oxygens (including phenoxy) is 1. The Hall–Kier alpha value is -2.67. The van der Waals surface area contributed by atoms with Gasteiger partial charge in [0, 0.05) is 32.0 Å². The minimum atomic E-state index is -0.301. The van der Waals surface area contributed by atoms with Gasteiger partial charge in [0.1, 0.15) is 11.6 Å². The normalized spacial score (nSPS) is 16.0. The molecule has 0 atom stereocenters. The van der Waals surface area contributed by atoms with Crippen molar-refractivity contribution in [1.29, 1.82) is 0 Å². The van der Waals surface area contributed by atoms with E-state index >= 15 is 0 Å². The molecule has 31 heavy (non-hydrogen) atoms. The maximum absolute atomic E-state index is 13.0. The number of rotatable bonds is 9. The molecular formula is C24H33FN4O2. The lowest BCUT2D eigenvalue weighted by Gasteiger charge is -2.37. The number of aliphatic hydroxyl groups is 1. The molecule has 1 fully saturated rings. The molecule has 3 N–H and O–H groups in total. The van der Waals surface area contributed by atoms with Crippen molar-refractivity contribution in [3.05, 3.63) is 54.0 Å². The number of aliphatic hydroxyl groups excluding tert-OH is 1. The predicted molar refractivity (Wildman–Crippen MR) is 121 cm³/mol. The van der Waals surface area contributed by atoms with Crippen LogP contribution in [0.3, 0.4) is 0 Å². The zero-order valence-electron chi connectivity index (χ0n) is 18.2. The molecule has 1 aromatic heterocycles. The van der Waals surface area contributed by atoms with E-state index in [1.54, 1.807) is 24.4 Å². The number of aromatic nitrogens is 1. The van der Waals surface area contributed by atoms with E-state index in [2.05, 4.69) is 15.6 Å². The highest BCUT2D eigenvalue weighted by Crippen LogP contribution is 2.38. The number of benzene rings is 1. The van der Waals surface area contributed by atoms with E-state index < -0.39 is 0 Å². The molecule has 1 heterocycles. The first kappa shape index (κ1) is 23.0. The molecule has 1 aliphatic rings. The fourth-order valence-electron chi connectivity index (χ4n) is 4.03. The molecule has 6 nitrogen and oxygen atoms in total. The van der Waals surface area contributed by atoms with Gasteiger partial charge in [0.25, 0.3) is 0 Å². The number of halogens is 1. The molecule has 7 heteroatoms. The summed E-state index contributed by atoms with van der Waals surface area (Å²) in [4.78, 5) is 9.01. The minimum Gasteiger partial charge on any atom is -0.439 e. The van der Waals surface area contributed by atoms with Crippen molar-refractivity contribution in [2.45, 2.75) is 52.0 Å². The van der Waals surface area contributed by atoms with Crippen molar-refractivity contribution in [1.82, 2.24) is 15.6 Å². The lowest BCUT2D eigenvalue weighted by Crippen LogP contribution is -2.44. The standard InChI is InChI=1S/C24H33FN4O2/c1-2-26-23(29-18-24(14-15-30)12-4-3-5-13-24)28-17-19-6-11-22(27-16-19)31-21-9-7-20(25)8-10-21/h6-11,16,30H,2-5,12-15,17-18H2,1H3,(H2,26,28,29). The molecule has 0 unspecified atom stereocenters. The van der Waals surface area contributed by atoms with Gasteiger partial charge in [0.15, 0.2) is 5.96 Å². The molecule has 1 aliphatic carbocycles. The number of aliphatic imine (C=N–C) groups is 1. The van der Waals surface area contributed by atoms with E-state index in [0.717, 1.165) is 43.9 Å². The summed E-state index contributed by atoms with van der Waals surface area (Å²) in [5.74, 6) is 1.46. The van der Waals surface area contributed by atoms with Crippen molar-refractivity contribution in [2.24, 2.45) is 10.4 Å². The Balaban J connectivity index is 1.57. The SMILES string of the molecule is CCNC(=NCc1ccc(Oc2ccc(F)cc2)nc1)NCC1(CCO)CCCCC1. The summed E-state index contributed by atoms with van der Waals surface area (Å²) < 4.78 is 18.6. The molecule has 3 rings (SSSR count). The fourth-order valence-corrected chi connectivity index (χ4v) is 4.03. The van der Waals surface area contributed by atoms with Gasteiger partial charge in [-0.15, -0.1) is 0 Å². The smallest absolute Gasteiger partial charge is 0.219 e. The molecule has 2 aromatic rings. The van der Waals surface area contributed by atoms with E-state index in [1.807, 2.05) is 13.0 Å². The van der Waals surface area contributed by atoms with E-state index in [1.165, 1.54) is 31.4 Å². The Morgan fingerprint density at radius 2 is 1.90 bits per heavy atom. The van der Waals surface area contributed by atoms with Crippen LogP contribution in [0.1, 0.15) is 51.0 Å². The Bertz CT molecular complexity index is 813. The van der Waals surface area contributed by atoms with E-state index in [4.69, 9.17) is 9.73 Å². The monoisotopic (exact) mass is 428 g/mol. The first-order valence-electron chi connectivity index (χ1n) is 11.1. The summed E-state index contributed by atoms with van der Waals surface area (Å²) in [6.07, 6.45) is 8.62. The van der Waals surface area contributed by atoms with Crippen LogP contribution in [0.2, 0.25) is 0 Å². The second-order valence-electron chi connectivity index (χ2n) is 8.14. The molecule has 0 amide bonds. The third-order valence-electron chi connectivity index (χ3n) is 5.78. The van der Waals surface area contributed by atoms with Crippen molar-refractivity contribution in [3.8, 4) is 11.6 Å². The molecule has 168 valence electrons. The van der Waals surface area contributed by atoms with E-state index in [9.17, 15) is 9.50 Å². The molecule has 1 saturated carbocycles. The Morgan fingerprint density at radius 1 is 1.13 bits per heavy atom. The molecule has 0 saturated heterocycles. The van der Waals surface area contributed by atoms with Gasteiger partial charge in [-0.25, -0.2) is 14.4 Å².